The molecule has 9 nitrogen and oxygen atoms in total. The zero-order chi connectivity index (χ0) is 27.3. The molecule has 0 spiro atoms. The van der Waals surface area contributed by atoms with Crippen LogP contribution < -0.4 is 10.1 Å². The van der Waals surface area contributed by atoms with Gasteiger partial charge in [-0.25, -0.2) is 14.3 Å². The average Bonchev–Trinajstić information content (AvgIpc) is 3.41. The summed E-state index contributed by atoms with van der Waals surface area (Å²) in [6.45, 7) is 13.5. The van der Waals surface area contributed by atoms with Gasteiger partial charge in [0, 0.05) is 6.20 Å². The van der Waals surface area contributed by atoms with Crippen molar-refractivity contribution in [2.45, 2.75) is 66.7 Å². The number of hydrogen-bond donors (Lipinski definition) is 1. The van der Waals surface area contributed by atoms with E-state index in [1.165, 1.54) is 10.2 Å². The Morgan fingerprint density at radius 3 is 2.35 bits per heavy atom. The number of thiophene rings is 1. The Morgan fingerprint density at radius 1 is 1.08 bits per heavy atom. The molecule has 0 aliphatic heterocycles. The number of amides is 1. The van der Waals surface area contributed by atoms with Gasteiger partial charge in [0.2, 0.25) is 0 Å². The van der Waals surface area contributed by atoms with Gasteiger partial charge < -0.3 is 19.5 Å². The van der Waals surface area contributed by atoms with E-state index in [1.807, 2.05) is 24.3 Å². The van der Waals surface area contributed by atoms with E-state index in [2.05, 4.69) is 31.2 Å². The van der Waals surface area contributed by atoms with Crippen LogP contribution >= 0.6 is 11.3 Å². The van der Waals surface area contributed by atoms with Crippen molar-refractivity contribution in [1.29, 1.82) is 0 Å². The van der Waals surface area contributed by atoms with E-state index in [9.17, 15) is 14.4 Å². The summed E-state index contributed by atoms with van der Waals surface area (Å²) >= 11 is 0.963. The van der Waals surface area contributed by atoms with Gasteiger partial charge in [-0.3, -0.25) is 4.79 Å². The van der Waals surface area contributed by atoms with Crippen molar-refractivity contribution < 1.29 is 28.6 Å². The van der Waals surface area contributed by atoms with Crippen molar-refractivity contribution in [3.63, 3.8) is 0 Å². The van der Waals surface area contributed by atoms with Gasteiger partial charge in [-0.05, 0) is 62.4 Å². The van der Waals surface area contributed by atoms with E-state index < -0.39 is 17.8 Å². The first kappa shape index (κ1) is 27.9. The quantitative estimate of drug-likeness (QED) is 0.362. The van der Waals surface area contributed by atoms with Crippen LogP contribution in [-0.2, 0) is 21.6 Å². The fourth-order valence-corrected chi connectivity index (χ4v) is 4.51. The molecule has 2 aromatic heterocycles. The maximum Gasteiger partial charge on any atom is 0.348 e. The third-order valence-electron chi connectivity index (χ3n) is 5.34. The van der Waals surface area contributed by atoms with E-state index in [0.29, 0.717) is 11.3 Å². The van der Waals surface area contributed by atoms with E-state index in [-0.39, 0.29) is 46.0 Å². The number of nitrogens with one attached hydrogen (secondary N) is 1. The predicted octanol–water partition coefficient (Wildman–Crippen LogP) is 5.58. The van der Waals surface area contributed by atoms with Crippen LogP contribution in [0.25, 0.3) is 0 Å². The lowest BCUT2D eigenvalue weighted by Gasteiger charge is -2.19. The first-order valence-electron chi connectivity index (χ1n) is 12.0. The van der Waals surface area contributed by atoms with Crippen molar-refractivity contribution in [3.05, 3.63) is 63.8 Å². The maximum atomic E-state index is 13.0. The fraction of sp³-hybridized carbons (Fsp3) is 0.407. The van der Waals surface area contributed by atoms with Crippen molar-refractivity contribution in [2.75, 3.05) is 11.9 Å². The van der Waals surface area contributed by atoms with Crippen LogP contribution in [0.15, 0.2) is 36.5 Å². The Bertz CT molecular complexity index is 1270. The molecule has 2 heterocycles. The molecular weight excluding hydrogens is 494 g/mol. The highest BCUT2D eigenvalue weighted by Gasteiger charge is 2.28. The van der Waals surface area contributed by atoms with Gasteiger partial charge in [-0.15, -0.1) is 11.3 Å². The molecular formula is C27H33N3O6S. The lowest BCUT2D eigenvalue weighted by Crippen LogP contribution is -2.18. The van der Waals surface area contributed by atoms with Crippen molar-refractivity contribution in [1.82, 2.24) is 9.78 Å². The number of hydrogen-bond acceptors (Lipinski definition) is 8. The smallest absolute Gasteiger partial charge is 0.348 e. The number of anilines is 1. The molecule has 1 aromatic carbocycles. The standard InChI is InChI=1S/C27H33N3O6S/c1-8-34-26(33)22-17(4)21(25(32)36-16(2)3)24(37-22)28-23(31)20-13-14-30(29-20)15-35-19-11-9-18(10-12-19)27(5,6)7/h9-14,16H,8,15H2,1-7H3,(H,28,31). The zero-order valence-corrected chi connectivity index (χ0v) is 23.0. The summed E-state index contributed by atoms with van der Waals surface area (Å²) in [4.78, 5) is 38.3. The Kier molecular flexibility index (Phi) is 8.75. The number of carbonyl (C=O) groups excluding carboxylic acids is 3. The van der Waals surface area contributed by atoms with E-state index in [0.717, 1.165) is 11.3 Å². The molecule has 0 aliphatic carbocycles. The third-order valence-corrected chi connectivity index (χ3v) is 6.53. The number of benzene rings is 1. The topological polar surface area (TPSA) is 109 Å². The summed E-state index contributed by atoms with van der Waals surface area (Å²) in [7, 11) is 0. The summed E-state index contributed by atoms with van der Waals surface area (Å²) in [5.41, 5.74) is 1.88. The highest BCUT2D eigenvalue weighted by molar-refractivity contribution is 7.18. The van der Waals surface area contributed by atoms with Gasteiger partial charge in [0.1, 0.15) is 15.6 Å². The van der Waals surface area contributed by atoms with Crippen molar-refractivity contribution in [2.24, 2.45) is 0 Å². The fourth-order valence-electron chi connectivity index (χ4n) is 3.43. The maximum absolute atomic E-state index is 13.0. The third kappa shape index (κ3) is 6.97. The van der Waals surface area contributed by atoms with E-state index in [4.69, 9.17) is 14.2 Å². The molecule has 0 aliphatic rings. The molecule has 198 valence electrons. The average molecular weight is 528 g/mol. The zero-order valence-electron chi connectivity index (χ0n) is 22.2. The summed E-state index contributed by atoms with van der Waals surface area (Å²) < 4.78 is 17.7. The molecule has 10 heteroatoms. The largest absolute Gasteiger partial charge is 0.471 e. The van der Waals surface area contributed by atoms with Crippen LogP contribution in [0.1, 0.15) is 83.2 Å². The number of ether oxygens (including phenoxy) is 3. The van der Waals surface area contributed by atoms with Crippen molar-refractivity contribution >= 4 is 34.2 Å². The van der Waals surface area contributed by atoms with Crippen LogP contribution in [0.4, 0.5) is 5.00 Å². The minimum atomic E-state index is -0.633. The Morgan fingerprint density at radius 2 is 1.76 bits per heavy atom. The van der Waals surface area contributed by atoms with Crippen LogP contribution in [0.2, 0.25) is 0 Å². The normalized spacial score (nSPS) is 11.4. The molecule has 3 aromatic rings. The highest BCUT2D eigenvalue weighted by Crippen LogP contribution is 2.35. The van der Waals surface area contributed by atoms with Crippen LogP contribution in [-0.4, -0.2) is 40.3 Å². The molecule has 0 fully saturated rings. The Labute approximate surface area is 220 Å². The minimum Gasteiger partial charge on any atom is -0.471 e. The number of nitrogens with zero attached hydrogens (tertiary/aromatic N) is 2. The minimum absolute atomic E-state index is 0.0480. The SMILES string of the molecule is CCOC(=O)c1sc(NC(=O)c2ccn(COc3ccc(C(C)(C)C)cc3)n2)c(C(=O)OC(C)C)c1C. The number of carbonyl (C=O) groups is 3. The number of rotatable bonds is 9. The molecule has 0 unspecified atom stereocenters. The first-order valence-corrected chi connectivity index (χ1v) is 12.8. The van der Waals surface area contributed by atoms with Crippen molar-refractivity contribution in [3.8, 4) is 5.75 Å². The van der Waals surface area contributed by atoms with Crippen LogP contribution in [0.5, 0.6) is 5.75 Å². The number of aromatic nitrogens is 2. The number of esters is 2. The molecule has 0 saturated carbocycles. The van der Waals surface area contributed by atoms with Gasteiger partial charge in [-0.1, -0.05) is 32.9 Å². The monoisotopic (exact) mass is 527 g/mol. The summed E-state index contributed by atoms with van der Waals surface area (Å²) in [6.07, 6.45) is 1.25. The second-order valence-corrected chi connectivity index (χ2v) is 10.7. The Hall–Kier alpha value is -3.66. The predicted molar refractivity (Wildman–Crippen MR) is 142 cm³/mol. The first-order chi connectivity index (χ1) is 17.4. The molecule has 0 saturated heterocycles. The molecule has 0 atom stereocenters. The van der Waals surface area contributed by atoms with Gasteiger partial charge in [-0.2, -0.15) is 5.10 Å². The molecule has 1 amide bonds. The van der Waals surface area contributed by atoms with E-state index in [1.54, 1.807) is 40.0 Å². The van der Waals surface area contributed by atoms with Crippen LogP contribution in [0, 0.1) is 6.92 Å². The van der Waals surface area contributed by atoms with Gasteiger partial charge in [0.15, 0.2) is 12.4 Å². The molecule has 0 bridgehead atoms. The van der Waals surface area contributed by atoms with Crippen LogP contribution in [0.3, 0.4) is 0 Å². The van der Waals surface area contributed by atoms with Gasteiger partial charge in [0.25, 0.3) is 5.91 Å². The molecule has 0 radical (unpaired) electrons. The van der Waals surface area contributed by atoms with Gasteiger partial charge >= 0.3 is 11.9 Å². The second kappa shape index (κ2) is 11.6. The second-order valence-electron chi connectivity index (χ2n) is 9.68. The summed E-state index contributed by atoms with van der Waals surface area (Å²) in [5, 5.41) is 7.17. The molecule has 3 rings (SSSR count). The lowest BCUT2D eigenvalue weighted by molar-refractivity contribution is 0.0379. The highest BCUT2D eigenvalue weighted by atomic mass is 32.1. The summed E-state index contributed by atoms with van der Waals surface area (Å²) in [6, 6.07) is 9.38. The molecule has 1 N–H and O–H groups in total. The Balaban J connectivity index is 1.74. The van der Waals surface area contributed by atoms with E-state index >= 15 is 0 Å². The van der Waals surface area contributed by atoms with Gasteiger partial charge in [0.05, 0.1) is 18.3 Å². The summed E-state index contributed by atoms with van der Waals surface area (Å²) in [5.74, 6) is -1.06. The molecule has 37 heavy (non-hydrogen) atoms. The lowest BCUT2D eigenvalue weighted by atomic mass is 9.87.